The van der Waals surface area contributed by atoms with Gasteiger partial charge in [-0.2, -0.15) is 4.31 Å². The van der Waals surface area contributed by atoms with Gasteiger partial charge in [0.05, 0.1) is 18.8 Å². The highest BCUT2D eigenvalue weighted by molar-refractivity contribution is 7.89. The maximum Gasteiger partial charge on any atom is 0.238 e. The van der Waals surface area contributed by atoms with Gasteiger partial charge in [-0.25, -0.2) is 8.42 Å². The first kappa shape index (κ1) is 21.3. The molecule has 0 N–H and O–H groups in total. The largest absolute Gasteiger partial charge is 0.332 e. The molecule has 0 atom stereocenters. The van der Waals surface area contributed by atoms with Crippen LogP contribution < -0.4 is 0 Å². The van der Waals surface area contributed by atoms with Crippen LogP contribution in [0.25, 0.3) is 0 Å². The van der Waals surface area contributed by atoms with Crippen molar-refractivity contribution >= 4 is 27.3 Å². The lowest BCUT2D eigenvalue weighted by molar-refractivity contribution is -0.132. The summed E-state index contributed by atoms with van der Waals surface area (Å²) in [6.45, 7) is 8.05. The fourth-order valence-electron chi connectivity index (χ4n) is 2.65. The SMILES string of the molecule is C=CCN(CC(=O)N(Cc1ccccc1)Cc1ccc(C)s1)S(=O)(=O)CC. The van der Waals surface area contributed by atoms with Crippen LogP contribution in [0.3, 0.4) is 0 Å². The number of carbonyl (C=O) groups excluding carboxylic acids is 1. The third kappa shape index (κ3) is 6.30. The topological polar surface area (TPSA) is 57.7 Å². The van der Waals surface area contributed by atoms with Crippen molar-refractivity contribution in [2.45, 2.75) is 26.9 Å². The number of hydrogen-bond acceptors (Lipinski definition) is 4. The van der Waals surface area contributed by atoms with Gasteiger partial charge < -0.3 is 4.90 Å². The molecule has 0 saturated heterocycles. The Bertz CT molecular complexity index is 860. The van der Waals surface area contributed by atoms with Gasteiger partial charge in [-0.1, -0.05) is 36.4 Å². The number of sulfonamides is 1. The summed E-state index contributed by atoms with van der Waals surface area (Å²) in [5, 5.41) is 0. The lowest BCUT2D eigenvalue weighted by Gasteiger charge is -2.26. The Labute approximate surface area is 166 Å². The van der Waals surface area contributed by atoms with E-state index in [1.807, 2.05) is 49.4 Å². The van der Waals surface area contributed by atoms with Crippen LogP contribution in [0.2, 0.25) is 0 Å². The van der Waals surface area contributed by atoms with Crippen molar-refractivity contribution in [2.75, 3.05) is 18.8 Å². The van der Waals surface area contributed by atoms with E-state index >= 15 is 0 Å². The summed E-state index contributed by atoms with van der Waals surface area (Å²) < 4.78 is 25.7. The van der Waals surface area contributed by atoms with Crippen LogP contribution in [0.1, 0.15) is 22.2 Å². The smallest absolute Gasteiger partial charge is 0.238 e. The second-order valence-electron chi connectivity index (χ2n) is 6.23. The Hall–Kier alpha value is -1.96. The molecule has 1 aromatic heterocycles. The van der Waals surface area contributed by atoms with E-state index in [1.54, 1.807) is 23.2 Å². The molecule has 0 aliphatic rings. The Balaban J connectivity index is 2.22. The van der Waals surface area contributed by atoms with Gasteiger partial charge in [0.25, 0.3) is 0 Å². The average Bonchev–Trinajstić information content (AvgIpc) is 3.06. The summed E-state index contributed by atoms with van der Waals surface area (Å²) in [5.41, 5.74) is 1.01. The van der Waals surface area contributed by atoms with E-state index in [0.29, 0.717) is 13.1 Å². The van der Waals surface area contributed by atoms with E-state index in [4.69, 9.17) is 0 Å². The Morgan fingerprint density at radius 2 is 1.85 bits per heavy atom. The summed E-state index contributed by atoms with van der Waals surface area (Å²) in [7, 11) is -3.48. The van der Waals surface area contributed by atoms with Gasteiger partial charge in [-0.15, -0.1) is 17.9 Å². The fourth-order valence-corrected chi connectivity index (χ4v) is 4.56. The molecular weight excluding hydrogens is 380 g/mol. The van der Waals surface area contributed by atoms with E-state index in [1.165, 1.54) is 15.3 Å². The van der Waals surface area contributed by atoms with Crippen molar-refractivity contribution in [3.8, 4) is 0 Å². The maximum absolute atomic E-state index is 13.0. The third-order valence-electron chi connectivity index (χ3n) is 4.11. The first-order chi connectivity index (χ1) is 12.9. The minimum absolute atomic E-state index is 0.0447. The number of amides is 1. The van der Waals surface area contributed by atoms with Crippen LogP contribution in [0.5, 0.6) is 0 Å². The van der Waals surface area contributed by atoms with Gasteiger partial charge in [0, 0.05) is 22.8 Å². The minimum atomic E-state index is -3.48. The van der Waals surface area contributed by atoms with Gasteiger partial charge >= 0.3 is 0 Å². The molecule has 0 radical (unpaired) electrons. The van der Waals surface area contributed by atoms with Crippen LogP contribution in [0.4, 0.5) is 0 Å². The Morgan fingerprint density at radius 3 is 2.41 bits per heavy atom. The number of thiophene rings is 1. The quantitative estimate of drug-likeness (QED) is 0.568. The number of carbonyl (C=O) groups is 1. The van der Waals surface area contributed by atoms with Crippen LogP contribution in [-0.4, -0.2) is 42.4 Å². The van der Waals surface area contributed by atoms with Gasteiger partial charge in [0.2, 0.25) is 15.9 Å². The van der Waals surface area contributed by atoms with Crippen molar-refractivity contribution in [3.05, 3.63) is 70.4 Å². The molecule has 0 aliphatic carbocycles. The van der Waals surface area contributed by atoms with Crippen LogP contribution in [0, 0.1) is 6.92 Å². The summed E-state index contributed by atoms with van der Waals surface area (Å²) in [5.74, 6) is -0.263. The van der Waals surface area contributed by atoms with Crippen molar-refractivity contribution in [3.63, 3.8) is 0 Å². The predicted molar refractivity (Wildman–Crippen MR) is 111 cm³/mol. The maximum atomic E-state index is 13.0. The second-order valence-corrected chi connectivity index (χ2v) is 9.86. The Morgan fingerprint density at radius 1 is 1.15 bits per heavy atom. The van der Waals surface area contributed by atoms with E-state index in [-0.39, 0.29) is 24.7 Å². The van der Waals surface area contributed by atoms with Crippen LogP contribution >= 0.6 is 11.3 Å². The molecule has 0 unspecified atom stereocenters. The molecular formula is C20H26N2O3S2. The van der Waals surface area contributed by atoms with Crippen LogP contribution in [0.15, 0.2) is 55.1 Å². The molecule has 2 rings (SSSR count). The molecule has 0 aliphatic heterocycles. The third-order valence-corrected chi connectivity index (χ3v) is 6.89. The molecule has 5 nitrogen and oxygen atoms in total. The number of rotatable bonds is 10. The number of benzene rings is 1. The van der Waals surface area contributed by atoms with Gasteiger partial charge in [0.15, 0.2) is 0 Å². The average molecular weight is 407 g/mol. The fraction of sp³-hybridized carbons (Fsp3) is 0.350. The molecule has 27 heavy (non-hydrogen) atoms. The van der Waals surface area contributed by atoms with E-state index in [0.717, 1.165) is 10.4 Å². The normalized spacial score (nSPS) is 11.5. The van der Waals surface area contributed by atoms with Crippen molar-refractivity contribution in [1.82, 2.24) is 9.21 Å². The lowest BCUT2D eigenvalue weighted by atomic mass is 10.2. The monoisotopic (exact) mass is 406 g/mol. The predicted octanol–water partition coefficient (Wildman–Crippen LogP) is 3.42. The highest BCUT2D eigenvalue weighted by Gasteiger charge is 2.25. The van der Waals surface area contributed by atoms with E-state index < -0.39 is 10.0 Å². The summed E-state index contributed by atoms with van der Waals surface area (Å²) in [6.07, 6.45) is 1.50. The standard InChI is InChI=1S/C20H26N2O3S2/c1-4-13-22(27(24,25)5-2)16-20(23)21(14-18-9-7-6-8-10-18)15-19-12-11-17(3)26-19/h4,6-12H,1,5,13-16H2,2-3H3. The zero-order valence-electron chi connectivity index (χ0n) is 15.8. The zero-order chi connectivity index (χ0) is 19.9. The van der Waals surface area contributed by atoms with Gasteiger partial charge in [-0.05, 0) is 31.5 Å². The molecule has 1 aromatic carbocycles. The molecule has 146 valence electrons. The van der Waals surface area contributed by atoms with Gasteiger partial charge in [-0.3, -0.25) is 4.79 Å². The highest BCUT2D eigenvalue weighted by atomic mass is 32.2. The highest BCUT2D eigenvalue weighted by Crippen LogP contribution is 2.19. The Kier molecular flexibility index (Phi) is 7.77. The summed E-state index contributed by atoms with van der Waals surface area (Å²) in [6, 6.07) is 13.7. The molecule has 7 heteroatoms. The molecule has 2 aromatic rings. The number of aryl methyl sites for hydroxylation is 1. The van der Waals surface area contributed by atoms with Crippen molar-refractivity contribution in [2.24, 2.45) is 0 Å². The first-order valence-electron chi connectivity index (χ1n) is 8.81. The molecule has 0 fully saturated rings. The molecule has 1 heterocycles. The zero-order valence-corrected chi connectivity index (χ0v) is 17.4. The van der Waals surface area contributed by atoms with Gasteiger partial charge in [0.1, 0.15) is 0 Å². The number of hydrogen-bond donors (Lipinski definition) is 0. The molecule has 0 saturated carbocycles. The summed E-state index contributed by atoms with van der Waals surface area (Å²) in [4.78, 5) is 17.0. The van der Waals surface area contributed by atoms with Crippen molar-refractivity contribution < 1.29 is 13.2 Å². The van der Waals surface area contributed by atoms with Crippen molar-refractivity contribution in [1.29, 1.82) is 0 Å². The lowest BCUT2D eigenvalue weighted by Crippen LogP contribution is -2.43. The van der Waals surface area contributed by atoms with Crippen LogP contribution in [-0.2, 0) is 27.9 Å². The first-order valence-corrected chi connectivity index (χ1v) is 11.2. The molecule has 0 spiro atoms. The number of nitrogens with zero attached hydrogens (tertiary/aromatic N) is 2. The van der Waals surface area contributed by atoms with E-state index in [9.17, 15) is 13.2 Å². The summed E-state index contributed by atoms with van der Waals surface area (Å²) >= 11 is 1.64. The molecule has 0 bridgehead atoms. The molecule has 1 amide bonds. The minimum Gasteiger partial charge on any atom is -0.332 e. The second kappa shape index (κ2) is 9.82. The van der Waals surface area contributed by atoms with E-state index in [2.05, 4.69) is 6.58 Å².